The maximum Gasteiger partial charge on any atom is 0.162 e. The van der Waals surface area contributed by atoms with Gasteiger partial charge >= 0.3 is 0 Å². The van der Waals surface area contributed by atoms with Crippen molar-refractivity contribution in [3.63, 3.8) is 0 Å². The molecule has 0 saturated carbocycles. The number of anilines is 2. The van der Waals surface area contributed by atoms with Gasteiger partial charge in [-0.3, -0.25) is 0 Å². The zero-order chi connectivity index (χ0) is 20.7. The Labute approximate surface area is 185 Å². The van der Waals surface area contributed by atoms with E-state index >= 15 is 0 Å². The number of piperidine rings is 1. The molecular formula is C22H26N6O2S. The van der Waals surface area contributed by atoms with E-state index in [0.29, 0.717) is 5.92 Å². The minimum Gasteiger partial charge on any atom is -0.378 e. The SMILES string of the molecule is c1csc([C@]2([C@H]3CCCN(c4nnnc5cc(N6CCOCC6)ccc45)C3)CCO2)n1. The molecule has 3 aliphatic rings. The number of aromatic nitrogens is 4. The molecule has 162 valence electrons. The van der Waals surface area contributed by atoms with Gasteiger partial charge in [-0.25, -0.2) is 4.98 Å². The number of thiazole rings is 1. The predicted molar refractivity (Wildman–Crippen MR) is 120 cm³/mol. The third-order valence-electron chi connectivity index (χ3n) is 6.90. The Hall–Kier alpha value is -2.36. The molecule has 9 heteroatoms. The first kappa shape index (κ1) is 19.3. The van der Waals surface area contributed by atoms with Gasteiger partial charge in [-0.1, -0.05) is 0 Å². The van der Waals surface area contributed by atoms with Gasteiger partial charge in [0.25, 0.3) is 0 Å². The van der Waals surface area contributed by atoms with Crippen LogP contribution in [-0.2, 0) is 15.1 Å². The quantitative estimate of drug-likeness (QED) is 0.616. The molecular weight excluding hydrogens is 412 g/mol. The first-order valence-corrected chi connectivity index (χ1v) is 12.0. The van der Waals surface area contributed by atoms with Crippen molar-refractivity contribution in [3.05, 3.63) is 34.8 Å². The summed E-state index contributed by atoms with van der Waals surface area (Å²) in [6, 6.07) is 6.46. The Bertz CT molecular complexity index is 1050. The Balaban J connectivity index is 1.29. The fourth-order valence-electron chi connectivity index (χ4n) is 5.18. The molecule has 1 aromatic carbocycles. The molecule has 3 aromatic rings. The van der Waals surface area contributed by atoms with E-state index in [9.17, 15) is 0 Å². The summed E-state index contributed by atoms with van der Waals surface area (Å²) in [4.78, 5) is 9.32. The Morgan fingerprint density at radius 3 is 2.74 bits per heavy atom. The summed E-state index contributed by atoms with van der Waals surface area (Å²) in [5.41, 5.74) is 1.84. The first-order valence-electron chi connectivity index (χ1n) is 11.1. The van der Waals surface area contributed by atoms with E-state index in [1.807, 2.05) is 11.6 Å². The number of benzene rings is 1. The average Bonchev–Trinajstić information content (AvgIpc) is 3.33. The maximum absolute atomic E-state index is 6.21. The third-order valence-corrected chi connectivity index (χ3v) is 7.83. The summed E-state index contributed by atoms with van der Waals surface area (Å²) in [5, 5.41) is 17.2. The summed E-state index contributed by atoms with van der Waals surface area (Å²) in [7, 11) is 0. The second-order valence-corrected chi connectivity index (χ2v) is 9.42. The molecule has 2 aromatic heterocycles. The molecule has 5 heterocycles. The molecule has 3 saturated heterocycles. The van der Waals surface area contributed by atoms with Crippen LogP contribution in [0.25, 0.3) is 10.9 Å². The van der Waals surface area contributed by atoms with E-state index in [4.69, 9.17) is 9.47 Å². The van der Waals surface area contributed by atoms with Crippen LogP contribution in [0.2, 0.25) is 0 Å². The fourth-order valence-corrected chi connectivity index (χ4v) is 6.08. The van der Waals surface area contributed by atoms with Gasteiger partial charge in [0.2, 0.25) is 0 Å². The maximum atomic E-state index is 6.21. The molecule has 0 radical (unpaired) electrons. The number of hydrogen-bond acceptors (Lipinski definition) is 9. The lowest BCUT2D eigenvalue weighted by atomic mass is 9.77. The molecule has 8 nitrogen and oxygen atoms in total. The van der Waals surface area contributed by atoms with E-state index in [2.05, 4.69) is 48.4 Å². The molecule has 31 heavy (non-hydrogen) atoms. The van der Waals surface area contributed by atoms with Crippen LogP contribution in [0, 0.1) is 5.92 Å². The molecule has 3 fully saturated rings. The molecule has 0 bridgehead atoms. The predicted octanol–water partition coefficient (Wildman–Crippen LogP) is 2.85. The average molecular weight is 439 g/mol. The number of ether oxygens (including phenoxy) is 2. The van der Waals surface area contributed by atoms with Crippen LogP contribution in [0.3, 0.4) is 0 Å². The third kappa shape index (κ3) is 3.35. The van der Waals surface area contributed by atoms with Crippen molar-refractivity contribution in [1.82, 2.24) is 20.4 Å². The van der Waals surface area contributed by atoms with Crippen molar-refractivity contribution in [2.45, 2.75) is 24.9 Å². The van der Waals surface area contributed by atoms with Gasteiger partial charge < -0.3 is 19.3 Å². The lowest BCUT2D eigenvalue weighted by molar-refractivity contribution is -0.191. The van der Waals surface area contributed by atoms with E-state index in [1.165, 1.54) is 5.69 Å². The highest BCUT2D eigenvalue weighted by Gasteiger charge is 2.50. The molecule has 0 N–H and O–H groups in total. The van der Waals surface area contributed by atoms with Gasteiger partial charge in [0.05, 0.1) is 19.8 Å². The normalized spacial score (nSPS) is 26.8. The van der Waals surface area contributed by atoms with E-state index in [1.54, 1.807) is 11.3 Å². The molecule has 0 aliphatic carbocycles. The monoisotopic (exact) mass is 438 g/mol. The van der Waals surface area contributed by atoms with Crippen LogP contribution in [0.5, 0.6) is 0 Å². The van der Waals surface area contributed by atoms with E-state index in [-0.39, 0.29) is 5.60 Å². The molecule has 0 amide bonds. The molecule has 6 rings (SSSR count). The number of fused-ring (bicyclic) bond motifs is 1. The number of nitrogens with zero attached hydrogens (tertiary/aromatic N) is 6. The molecule has 2 atom stereocenters. The van der Waals surface area contributed by atoms with Crippen LogP contribution in [-0.4, -0.2) is 66.4 Å². The van der Waals surface area contributed by atoms with Gasteiger partial charge in [-0.15, -0.1) is 21.5 Å². The second kappa shape index (κ2) is 7.96. The summed E-state index contributed by atoms with van der Waals surface area (Å²) < 4.78 is 11.7. The van der Waals surface area contributed by atoms with E-state index in [0.717, 1.165) is 87.0 Å². The standard InChI is InChI=1S/C22H26N6O2S/c1-2-16(22(5-10-30-22)21-23-6-13-31-21)15-28(7-1)20-18-4-3-17(14-19(18)24-26-25-20)27-8-11-29-12-9-27/h3-4,6,13-14,16H,1-2,5,7-12,15H2/t16-,22+/m0/s1. The number of morpholine rings is 1. The van der Waals surface area contributed by atoms with Crippen molar-refractivity contribution >= 4 is 33.7 Å². The first-order chi connectivity index (χ1) is 15.3. The van der Waals surface area contributed by atoms with Crippen LogP contribution >= 0.6 is 11.3 Å². The zero-order valence-corrected chi connectivity index (χ0v) is 18.3. The van der Waals surface area contributed by atoms with Crippen LogP contribution in [0.4, 0.5) is 11.5 Å². The van der Waals surface area contributed by atoms with Crippen molar-refractivity contribution in [1.29, 1.82) is 0 Å². The summed E-state index contributed by atoms with van der Waals surface area (Å²) in [6.07, 6.45) is 5.19. The number of rotatable bonds is 4. The highest BCUT2D eigenvalue weighted by Crippen LogP contribution is 2.48. The van der Waals surface area contributed by atoms with Crippen LogP contribution in [0.1, 0.15) is 24.3 Å². The van der Waals surface area contributed by atoms with Gasteiger partial charge in [0, 0.05) is 61.2 Å². The van der Waals surface area contributed by atoms with Gasteiger partial charge in [0.15, 0.2) is 5.82 Å². The van der Waals surface area contributed by atoms with Crippen molar-refractivity contribution < 1.29 is 9.47 Å². The minimum absolute atomic E-state index is 0.230. The molecule has 3 aliphatic heterocycles. The van der Waals surface area contributed by atoms with Crippen molar-refractivity contribution in [2.75, 3.05) is 55.8 Å². The zero-order valence-electron chi connectivity index (χ0n) is 17.4. The summed E-state index contributed by atoms with van der Waals surface area (Å²) in [6.45, 7) is 6.04. The highest BCUT2D eigenvalue weighted by atomic mass is 32.1. The van der Waals surface area contributed by atoms with E-state index < -0.39 is 0 Å². The van der Waals surface area contributed by atoms with Gasteiger partial charge in [0.1, 0.15) is 16.1 Å². The Morgan fingerprint density at radius 1 is 1.06 bits per heavy atom. The van der Waals surface area contributed by atoms with Gasteiger partial charge in [-0.05, 0) is 36.3 Å². The highest BCUT2D eigenvalue weighted by molar-refractivity contribution is 7.09. The topological polar surface area (TPSA) is 76.5 Å². The lowest BCUT2D eigenvalue weighted by Crippen LogP contribution is -2.53. The second-order valence-electron chi connectivity index (χ2n) is 8.52. The lowest BCUT2D eigenvalue weighted by Gasteiger charge is -2.49. The Kier molecular flexibility index (Phi) is 4.96. The van der Waals surface area contributed by atoms with Crippen molar-refractivity contribution in [2.24, 2.45) is 5.92 Å². The van der Waals surface area contributed by atoms with Crippen molar-refractivity contribution in [3.8, 4) is 0 Å². The summed E-state index contributed by atoms with van der Waals surface area (Å²) in [5.74, 6) is 1.33. The Morgan fingerprint density at radius 2 is 1.97 bits per heavy atom. The minimum atomic E-state index is -0.230. The van der Waals surface area contributed by atoms with Crippen LogP contribution < -0.4 is 9.80 Å². The largest absolute Gasteiger partial charge is 0.378 e. The van der Waals surface area contributed by atoms with Crippen LogP contribution in [0.15, 0.2) is 29.8 Å². The fraction of sp³-hybridized carbons (Fsp3) is 0.545. The number of hydrogen-bond donors (Lipinski definition) is 0. The molecule has 0 unspecified atom stereocenters. The summed E-state index contributed by atoms with van der Waals surface area (Å²) >= 11 is 1.71. The van der Waals surface area contributed by atoms with Gasteiger partial charge in [-0.2, -0.15) is 0 Å². The smallest absolute Gasteiger partial charge is 0.162 e. The molecule has 0 spiro atoms.